The van der Waals surface area contributed by atoms with Crippen LogP contribution in [0.5, 0.6) is 0 Å². The summed E-state index contributed by atoms with van der Waals surface area (Å²) in [5, 5.41) is 30.4. The molecular formula is C75H89N13O15S2. The molecule has 7 aromatic rings. The first kappa shape index (κ1) is 76.1. The Balaban J connectivity index is 0.718. The van der Waals surface area contributed by atoms with Crippen LogP contribution in [0, 0.1) is 29.1 Å². The number of urea groups is 1. The van der Waals surface area contributed by atoms with Gasteiger partial charge in [0, 0.05) is 91.0 Å². The van der Waals surface area contributed by atoms with Crippen LogP contribution in [0.3, 0.4) is 0 Å². The highest BCUT2D eigenvalue weighted by atomic mass is 32.2. The van der Waals surface area contributed by atoms with E-state index < -0.39 is 75.9 Å². The summed E-state index contributed by atoms with van der Waals surface area (Å²) in [6, 6.07) is 21.5. The summed E-state index contributed by atoms with van der Waals surface area (Å²) in [6.07, 6.45) is 13.5. The minimum absolute atomic E-state index is 0.0203. The van der Waals surface area contributed by atoms with Crippen LogP contribution in [-0.2, 0) is 56.7 Å². The van der Waals surface area contributed by atoms with Gasteiger partial charge in [-0.25, -0.2) is 24.4 Å². The SMILES string of the molecule is Cc1c(-c2ccc(-c3ccc4nccc(C(=O)Nc5nc6ccccc6s5)c4c3)nc2C(=O)O)cnn1CC12CC(C)(CC3(C)CCCC(OCCN(CCS(=O)(=O)O)C(=O)OCc4ccc(NC(=O)C(CCCNC(N)=O)NC(=O)C(NC(=O)CCCCCN5C(=O)C=CC5=O)C(C)C)cc4)(C3)C1)C2. The van der Waals surface area contributed by atoms with Crippen molar-refractivity contribution in [1.82, 2.24) is 50.5 Å². The summed E-state index contributed by atoms with van der Waals surface area (Å²) in [6.45, 7) is 10.2. The Labute approximate surface area is 611 Å². The van der Waals surface area contributed by atoms with Crippen LogP contribution >= 0.6 is 11.3 Å². The molecule has 105 heavy (non-hydrogen) atoms. The van der Waals surface area contributed by atoms with Gasteiger partial charge in [-0.15, -0.1) is 0 Å². The van der Waals surface area contributed by atoms with Crippen molar-refractivity contribution in [3.63, 3.8) is 0 Å². The number of aromatic carboxylic acids is 1. The highest BCUT2D eigenvalue weighted by Gasteiger charge is 2.61. The van der Waals surface area contributed by atoms with Crippen LogP contribution < -0.4 is 32.3 Å². The first-order valence-corrected chi connectivity index (χ1v) is 37.8. The zero-order valence-electron chi connectivity index (χ0n) is 59.4. The maximum absolute atomic E-state index is 14.0. The average molecular weight is 1480 g/mol. The lowest BCUT2D eigenvalue weighted by atomic mass is 9.42. The van der Waals surface area contributed by atoms with Gasteiger partial charge in [0.15, 0.2) is 10.8 Å². The molecule has 556 valence electrons. The number of rotatable bonds is 32. The molecule has 4 aliphatic carbocycles. The standard InChI is InChI=1S/C75H89N13O15S2/c1-46(2)63(84-60(89)16-7-6-10-32-87-61(90)25-26-62(87)91)67(94)82-58(14-11-30-78-69(76)97)66(93)80-50-20-17-48(18-21-50)39-102-71(98)86(34-36-105(99,100)101)33-35-103-75-29-12-28-72(4,43-75)40-73(5)41-74(42-73,44-75)45-88-47(3)54(38-79-88)51-22-24-55(81-64(51)68(95)96)49-19-23-56-53(37-49)52(27-31-77-56)65(92)85-70-83-57-13-8-9-15-59(57)104-70/h8-9,13,15,17-27,31,37-38,46,58,63H,6-7,10-12,14,16,28-30,32-36,39-45H2,1-5H3,(H,80,93)(H,82,94)(H,84,89)(H,95,96)(H3,76,78,97)(H,83,85,92)(H,99,100,101). The smallest absolute Gasteiger partial charge is 0.410 e. The summed E-state index contributed by atoms with van der Waals surface area (Å²) < 4.78 is 49.9. The predicted octanol–water partition coefficient (Wildman–Crippen LogP) is 9.97. The minimum Gasteiger partial charge on any atom is -0.476 e. The number of amides is 9. The Morgan fingerprint density at radius 3 is 2.29 bits per heavy atom. The number of nitrogens with zero attached hydrogens (tertiary/aromatic N) is 7. The number of nitrogens with one attached hydrogen (secondary N) is 5. The number of anilines is 2. The number of ether oxygens (including phenoxy) is 2. The van der Waals surface area contributed by atoms with Gasteiger partial charge >= 0.3 is 18.1 Å². The Kier molecular flexibility index (Phi) is 23.3. The maximum Gasteiger partial charge on any atom is 0.410 e. The predicted molar refractivity (Wildman–Crippen MR) is 393 cm³/mol. The molecule has 5 heterocycles. The molecule has 0 spiro atoms. The Morgan fingerprint density at radius 1 is 0.800 bits per heavy atom. The monoisotopic (exact) mass is 1480 g/mol. The Bertz CT molecular complexity index is 4580. The van der Waals surface area contributed by atoms with E-state index in [2.05, 4.69) is 50.4 Å². The molecule has 12 rings (SSSR count). The number of primary amides is 1. The van der Waals surface area contributed by atoms with E-state index in [4.69, 9.17) is 25.3 Å². The van der Waals surface area contributed by atoms with Gasteiger partial charge < -0.3 is 46.5 Å². The lowest BCUT2D eigenvalue weighted by Gasteiger charge is -2.65. The van der Waals surface area contributed by atoms with E-state index in [9.17, 15) is 61.2 Å². The molecule has 3 aromatic carbocycles. The van der Waals surface area contributed by atoms with Gasteiger partial charge in [0.05, 0.1) is 51.1 Å². The topological polar surface area (TPSA) is 396 Å². The van der Waals surface area contributed by atoms with Crippen molar-refractivity contribution >= 4 is 107 Å². The van der Waals surface area contributed by atoms with Crippen molar-refractivity contribution in [2.24, 2.45) is 27.9 Å². The molecule has 0 radical (unpaired) electrons. The van der Waals surface area contributed by atoms with Crippen molar-refractivity contribution in [3.8, 4) is 22.4 Å². The highest BCUT2D eigenvalue weighted by molar-refractivity contribution is 7.85. The van der Waals surface area contributed by atoms with Crippen molar-refractivity contribution < 1.29 is 70.7 Å². The molecule has 28 nitrogen and oxygen atoms in total. The molecule has 4 atom stereocenters. The van der Waals surface area contributed by atoms with Crippen LogP contribution in [0.2, 0.25) is 0 Å². The molecule has 9 amide bonds. The van der Waals surface area contributed by atoms with Crippen LogP contribution in [-0.4, -0.2) is 162 Å². The van der Waals surface area contributed by atoms with Gasteiger partial charge in [0.2, 0.25) is 17.7 Å². The fourth-order valence-electron chi connectivity index (χ4n) is 16.2. The molecule has 4 saturated carbocycles. The second-order valence-electron chi connectivity index (χ2n) is 29.4. The second kappa shape index (κ2) is 32.1. The van der Waals surface area contributed by atoms with E-state index in [0.717, 1.165) is 65.8 Å². The van der Waals surface area contributed by atoms with E-state index in [1.165, 1.54) is 28.4 Å². The number of fused-ring (bicyclic) bond motifs is 2. The van der Waals surface area contributed by atoms with E-state index in [-0.39, 0.29) is 97.7 Å². The number of carbonyl (C=O) groups excluding carboxylic acids is 8. The van der Waals surface area contributed by atoms with E-state index >= 15 is 0 Å². The molecule has 0 saturated heterocycles. The summed E-state index contributed by atoms with van der Waals surface area (Å²) in [5.74, 6) is -5.12. The molecular weight excluding hydrogens is 1390 g/mol. The number of hydrogen-bond donors (Lipinski definition) is 8. The lowest BCUT2D eigenvalue weighted by molar-refractivity contribution is -0.200. The number of thiazole rings is 1. The zero-order chi connectivity index (χ0) is 75.0. The number of nitrogens with two attached hydrogens (primary N) is 1. The number of hydrogen-bond acceptors (Lipinski definition) is 18. The molecule has 4 unspecified atom stereocenters. The first-order valence-electron chi connectivity index (χ1n) is 35.4. The number of carboxylic acids is 1. The average Bonchev–Trinajstić information content (AvgIpc) is 1.70. The molecule has 30 heteroatoms. The number of imide groups is 1. The van der Waals surface area contributed by atoms with Gasteiger partial charge in [-0.3, -0.25) is 53.2 Å². The molecule has 1 aliphatic heterocycles. The normalized spacial score (nSPS) is 20.4. The van der Waals surface area contributed by atoms with E-state index in [1.54, 1.807) is 86.9 Å². The third-order valence-corrected chi connectivity index (χ3v) is 22.0. The number of benzene rings is 3. The second-order valence-corrected chi connectivity index (χ2v) is 32.0. The summed E-state index contributed by atoms with van der Waals surface area (Å²) in [4.78, 5) is 133. The summed E-state index contributed by atoms with van der Waals surface area (Å²) in [7, 11) is -4.52. The summed E-state index contributed by atoms with van der Waals surface area (Å²) in [5.41, 5.74) is 9.37. The van der Waals surface area contributed by atoms with Crippen LogP contribution in [0.4, 0.5) is 20.4 Å². The third kappa shape index (κ3) is 18.9. The molecule has 4 fully saturated rings. The molecule has 4 aromatic heterocycles. The lowest BCUT2D eigenvalue weighted by Crippen LogP contribution is -2.59. The summed E-state index contributed by atoms with van der Waals surface area (Å²) >= 11 is 1.36. The van der Waals surface area contributed by atoms with Crippen LogP contribution in [0.1, 0.15) is 150 Å². The van der Waals surface area contributed by atoms with Crippen molar-refractivity contribution in [1.29, 1.82) is 0 Å². The number of unbranched alkanes of at least 4 members (excludes halogenated alkanes) is 2. The minimum atomic E-state index is -4.52. The quantitative estimate of drug-likeness (QED) is 0.0110. The fraction of sp³-hybridized carbons (Fsp3) is 0.453. The van der Waals surface area contributed by atoms with Crippen molar-refractivity contribution in [2.45, 2.75) is 155 Å². The van der Waals surface area contributed by atoms with Crippen molar-refractivity contribution in [3.05, 3.63) is 132 Å². The Morgan fingerprint density at radius 2 is 1.56 bits per heavy atom. The largest absolute Gasteiger partial charge is 0.476 e. The number of carbonyl (C=O) groups is 9. The van der Waals surface area contributed by atoms with Gasteiger partial charge in [-0.05, 0) is 160 Å². The van der Waals surface area contributed by atoms with Gasteiger partial charge in [-0.1, -0.05) is 82.2 Å². The van der Waals surface area contributed by atoms with Gasteiger partial charge in [-0.2, -0.15) is 13.5 Å². The number of carboxylic acid groups (broad SMARTS) is 1. The molecule has 5 aliphatic rings. The number of aromatic nitrogens is 5. The van der Waals surface area contributed by atoms with Crippen LogP contribution in [0.15, 0.2) is 109 Å². The Hall–Kier alpha value is -10.0. The number of para-hydroxylation sites is 1. The van der Waals surface area contributed by atoms with Crippen molar-refractivity contribution in [2.75, 3.05) is 49.2 Å². The maximum atomic E-state index is 14.0. The van der Waals surface area contributed by atoms with E-state index in [0.29, 0.717) is 87.5 Å². The third-order valence-electron chi connectivity index (χ3n) is 20.4. The van der Waals surface area contributed by atoms with E-state index in [1.807, 2.05) is 35.9 Å². The van der Waals surface area contributed by atoms with Gasteiger partial charge in [0.1, 0.15) is 18.7 Å². The first-order chi connectivity index (χ1) is 50.0. The fourth-order valence-corrected chi connectivity index (χ4v) is 17.5. The molecule has 4 bridgehead atoms. The zero-order valence-corrected chi connectivity index (χ0v) is 61.0. The molecule has 9 N–H and O–H groups in total. The van der Waals surface area contributed by atoms with Gasteiger partial charge in [0.25, 0.3) is 27.8 Å². The highest BCUT2D eigenvalue weighted by Crippen LogP contribution is 2.68. The number of pyridine rings is 2. The van der Waals surface area contributed by atoms with Crippen LogP contribution in [0.25, 0.3) is 43.5 Å².